The lowest BCUT2D eigenvalue weighted by atomic mass is 9.77. The quantitative estimate of drug-likeness (QED) is 0.707. The second-order valence-corrected chi connectivity index (χ2v) is 7.40. The normalized spacial score (nSPS) is 35.6. The van der Waals surface area contributed by atoms with Gasteiger partial charge in [-0.25, -0.2) is 0 Å². The molecule has 2 aliphatic carbocycles. The fourth-order valence-corrected chi connectivity index (χ4v) is 4.00. The molecule has 2 rings (SSSR count). The molecule has 0 unspecified atom stereocenters. The van der Waals surface area contributed by atoms with Crippen LogP contribution in [0, 0.1) is 28.6 Å². The molecule has 0 saturated heterocycles. The standard InChI is InChI=1S/C16H28O/c1-6-11-7-9-12(10-8-11)13(17)14-15(2,3)16(14,4)5/h11-12,14H,6-10H2,1-5H3. The summed E-state index contributed by atoms with van der Waals surface area (Å²) in [7, 11) is 0. The van der Waals surface area contributed by atoms with E-state index in [1.54, 1.807) is 0 Å². The Hall–Kier alpha value is -0.330. The summed E-state index contributed by atoms with van der Waals surface area (Å²) < 4.78 is 0. The van der Waals surface area contributed by atoms with Crippen LogP contribution in [0.1, 0.15) is 66.7 Å². The van der Waals surface area contributed by atoms with E-state index in [1.807, 2.05) is 0 Å². The predicted molar refractivity (Wildman–Crippen MR) is 71.8 cm³/mol. The van der Waals surface area contributed by atoms with Crippen LogP contribution < -0.4 is 0 Å². The third-order valence-electron chi connectivity index (χ3n) is 6.13. The van der Waals surface area contributed by atoms with Gasteiger partial charge in [-0.2, -0.15) is 0 Å². The second-order valence-electron chi connectivity index (χ2n) is 7.40. The Kier molecular flexibility index (Phi) is 3.16. The van der Waals surface area contributed by atoms with Crippen LogP contribution in [-0.4, -0.2) is 5.78 Å². The van der Waals surface area contributed by atoms with E-state index in [0.29, 0.717) is 17.6 Å². The largest absolute Gasteiger partial charge is 0.299 e. The van der Waals surface area contributed by atoms with Crippen molar-refractivity contribution in [2.45, 2.75) is 66.7 Å². The highest BCUT2D eigenvalue weighted by Crippen LogP contribution is 2.69. The molecule has 0 spiro atoms. The fourth-order valence-electron chi connectivity index (χ4n) is 4.00. The first-order valence-electron chi connectivity index (χ1n) is 7.36. The van der Waals surface area contributed by atoms with Crippen LogP contribution in [0.2, 0.25) is 0 Å². The average Bonchev–Trinajstić information content (AvgIpc) is 2.69. The van der Waals surface area contributed by atoms with Crippen LogP contribution in [0.25, 0.3) is 0 Å². The molecule has 2 saturated carbocycles. The van der Waals surface area contributed by atoms with Crippen molar-refractivity contribution in [3.63, 3.8) is 0 Å². The molecule has 0 amide bonds. The van der Waals surface area contributed by atoms with Gasteiger partial charge in [0, 0.05) is 11.8 Å². The fraction of sp³-hybridized carbons (Fsp3) is 0.938. The number of hydrogen-bond donors (Lipinski definition) is 0. The van der Waals surface area contributed by atoms with Crippen LogP contribution >= 0.6 is 0 Å². The van der Waals surface area contributed by atoms with Crippen LogP contribution in [0.5, 0.6) is 0 Å². The molecule has 1 heteroatoms. The number of ketones is 1. The summed E-state index contributed by atoms with van der Waals surface area (Å²) in [5.41, 5.74) is 0.456. The van der Waals surface area contributed by atoms with Gasteiger partial charge in [0.15, 0.2) is 0 Å². The van der Waals surface area contributed by atoms with E-state index in [-0.39, 0.29) is 10.8 Å². The Morgan fingerprint density at radius 1 is 1.00 bits per heavy atom. The molecule has 2 aliphatic rings. The summed E-state index contributed by atoms with van der Waals surface area (Å²) in [6.07, 6.45) is 6.16. The van der Waals surface area contributed by atoms with Crippen LogP contribution in [0.4, 0.5) is 0 Å². The van der Waals surface area contributed by atoms with E-state index in [9.17, 15) is 4.79 Å². The van der Waals surface area contributed by atoms with Gasteiger partial charge in [0.1, 0.15) is 5.78 Å². The average molecular weight is 236 g/mol. The molecular formula is C16H28O. The Balaban J connectivity index is 1.95. The van der Waals surface area contributed by atoms with Gasteiger partial charge in [-0.3, -0.25) is 4.79 Å². The van der Waals surface area contributed by atoms with E-state index in [2.05, 4.69) is 34.6 Å². The Labute approximate surface area is 106 Å². The van der Waals surface area contributed by atoms with Gasteiger partial charge in [0.05, 0.1) is 0 Å². The van der Waals surface area contributed by atoms with Gasteiger partial charge >= 0.3 is 0 Å². The molecule has 0 radical (unpaired) electrons. The summed E-state index contributed by atoms with van der Waals surface area (Å²) in [4.78, 5) is 12.6. The van der Waals surface area contributed by atoms with E-state index in [0.717, 1.165) is 18.8 Å². The highest BCUT2D eigenvalue weighted by molar-refractivity contribution is 5.88. The molecular weight excluding hydrogens is 208 g/mol. The predicted octanol–water partition coefficient (Wildman–Crippen LogP) is 4.45. The Morgan fingerprint density at radius 3 is 1.82 bits per heavy atom. The van der Waals surface area contributed by atoms with Crippen molar-refractivity contribution >= 4 is 5.78 Å². The van der Waals surface area contributed by atoms with Crippen molar-refractivity contribution in [3.8, 4) is 0 Å². The van der Waals surface area contributed by atoms with Crippen molar-refractivity contribution in [2.24, 2.45) is 28.6 Å². The highest BCUT2D eigenvalue weighted by Gasteiger charge is 2.68. The summed E-state index contributed by atoms with van der Waals surface area (Å²) in [5.74, 6) is 2.16. The summed E-state index contributed by atoms with van der Waals surface area (Å²) in [6, 6.07) is 0. The van der Waals surface area contributed by atoms with Crippen molar-refractivity contribution in [1.29, 1.82) is 0 Å². The molecule has 0 bridgehead atoms. The highest BCUT2D eigenvalue weighted by atomic mass is 16.1. The van der Waals surface area contributed by atoms with Crippen LogP contribution in [0.3, 0.4) is 0 Å². The first-order valence-corrected chi connectivity index (χ1v) is 7.36. The number of rotatable bonds is 3. The number of carbonyl (C=O) groups is 1. The Morgan fingerprint density at radius 2 is 1.47 bits per heavy atom. The molecule has 0 aromatic carbocycles. The van der Waals surface area contributed by atoms with Gasteiger partial charge in [-0.1, -0.05) is 41.0 Å². The molecule has 0 heterocycles. The van der Waals surface area contributed by atoms with E-state index >= 15 is 0 Å². The summed E-state index contributed by atoms with van der Waals surface area (Å²) in [6.45, 7) is 11.3. The summed E-state index contributed by atoms with van der Waals surface area (Å²) >= 11 is 0. The molecule has 0 aliphatic heterocycles. The van der Waals surface area contributed by atoms with Gasteiger partial charge in [0.25, 0.3) is 0 Å². The van der Waals surface area contributed by atoms with E-state index in [1.165, 1.54) is 19.3 Å². The minimum Gasteiger partial charge on any atom is -0.299 e. The monoisotopic (exact) mass is 236 g/mol. The van der Waals surface area contributed by atoms with Gasteiger partial charge in [-0.15, -0.1) is 0 Å². The molecule has 1 nitrogen and oxygen atoms in total. The van der Waals surface area contributed by atoms with Crippen molar-refractivity contribution in [2.75, 3.05) is 0 Å². The van der Waals surface area contributed by atoms with Crippen molar-refractivity contribution in [3.05, 3.63) is 0 Å². The molecule has 2 fully saturated rings. The SMILES string of the molecule is CCC1CCC(C(=O)C2C(C)(C)C2(C)C)CC1. The van der Waals surface area contributed by atoms with Gasteiger partial charge in [-0.05, 0) is 42.4 Å². The zero-order valence-corrected chi connectivity index (χ0v) is 12.2. The second kappa shape index (κ2) is 4.10. The van der Waals surface area contributed by atoms with E-state index in [4.69, 9.17) is 0 Å². The minimum atomic E-state index is 0.228. The first-order chi connectivity index (χ1) is 7.82. The molecule has 0 atom stereocenters. The number of Topliss-reactive ketones (excluding diaryl/α,β-unsaturated/α-hetero) is 1. The zero-order valence-electron chi connectivity index (χ0n) is 12.2. The first kappa shape index (κ1) is 13.1. The number of carbonyl (C=O) groups excluding carboxylic acids is 1. The number of hydrogen-bond acceptors (Lipinski definition) is 1. The van der Waals surface area contributed by atoms with Crippen molar-refractivity contribution in [1.82, 2.24) is 0 Å². The van der Waals surface area contributed by atoms with Crippen LogP contribution in [0.15, 0.2) is 0 Å². The van der Waals surface area contributed by atoms with Crippen molar-refractivity contribution < 1.29 is 4.79 Å². The smallest absolute Gasteiger partial charge is 0.140 e. The summed E-state index contributed by atoms with van der Waals surface area (Å²) in [5, 5.41) is 0. The molecule has 0 aromatic rings. The Bertz CT molecular complexity index is 291. The minimum absolute atomic E-state index is 0.228. The topological polar surface area (TPSA) is 17.1 Å². The van der Waals surface area contributed by atoms with E-state index < -0.39 is 0 Å². The maximum Gasteiger partial charge on any atom is 0.140 e. The third kappa shape index (κ3) is 1.96. The lowest BCUT2D eigenvalue weighted by Crippen LogP contribution is -2.24. The molecule has 98 valence electrons. The molecule has 0 aromatic heterocycles. The van der Waals surface area contributed by atoms with Crippen LogP contribution in [-0.2, 0) is 4.79 Å². The molecule has 0 N–H and O–H groups in total. The molecule has 17 heavy (non-hydrogen) atoms. The lowest BCUT2D eigenvalue weighted by Gasteiger charge is -2.27. The van der Waals surface area contributed by atoms with Gasteiger partial charge < -0.3 is 0 Å². The lowest BCUT2D eigenvalue weighted by molar-refractivity contribution is -0.126. The maximum atomic E-state index is 12.6. The van der Waals surface area contributed by atoms with Gasteiger partial charge in [0.2, 0.25) is 0 Å². The third-order valence-corrected chi connectivity index (χ3v) is 6.13. The zero-order chi connectivity index (χ0) is 12.8. The maximum absolute atomic E-state index is 12.6.